The fraction of sp³-hybridized carbons (Fsp3) is 0.571. The molecule has 2 aliphatic rings. The Balaban J connectivity index is 1.41. The number of aliphatic hydroxyl groups excluding tert-OH is 1. The minimum absolute atomic E-state index is 0.00198. The molecule has 1 aromatic rings. The van der Waals surface area contributed by atoms with Gasteiger partial charge in [0.15, 0.2) is 6.10 Å². The number of benzene rings is 1. The normalized spacial score (nSPS) is 26.4. The highest BCUT2D eigenvalue weighted by molar-refractivity contribution is 5.81. The van der Waals surface area contributed by atoms with Crippen molar-refractivity contribution in [2.45, 2.75) is 37.6 Å². The summed E-state index contributed by atoms with van der Waals surface area (Å²) in [6.07, 6.45) is 5.84. The third kappa shape index (κ3) is 5.46. The Labute approximate surface area is 161 Å². The van der Waals surface area contributed by atoms with E-state index >= 15 is 0 Å². The third-order valence-electron chi connectivity index (χ3n) is 5.36. The van der Waals surface area contributed by atoms with Crippen LogP contribution in [-0.4, -0.2) is 73.5 Å². The number of terminal acetylenes is 1. The number of aliphatic hydroxyl groups is 1. The summed E-state index contributed by atoms with van der Waals surface area (Å²) in [5.74, 6) is 2.05. The van der Waals surface area contributed by atoms with Crippen molar-refractivity contribution in [2.75, 3.05) is 44.2 Å². The molecule has 2 N–H and O–H groups in total. The van der Waals surface area contributed by atoms with Gasteiger partial charge < -0.3 is 20.1 Å². The molecule has 2 heterocycles. The Kier molecular flexibility index (Phi) is 7.11. The summed E-state index contributed by atoms with van der Waals surface area (Å²) < 4.78 is 5.87. The predicted molar refractivity (Wildman–Crippen MR) is 105 cm³/mol. The van der Waals surface area contributed by atoms with Gasteiger partial charge >= 0.3 is 0 Å². The molecule has 0 bridgehead atoms. The van der Waals surface area contributed by atoms with E-state index in [1.165, 1.54) is 5.69 Å². The van der Waals surface area contributed by atoms with Gasteiger partial charge in [-0.15, -0.1) is 6.42 Å². The lowest BCUT2D eigenvalue weighted by Crippen LogP contribution is -2.50. The van der Waals surface area contributed by atoms with Crippen molar-refractivity contribution in [3.63, 3.8) is 0 Å². The maximum atomic E-state index is 12.1. The van der Waals surface area contributed by atoms with Crippen LogP contribution in [0.2, 0.25) is 0 Å². The summed E-state index contributed by atoms with van der Waals surface area (Å²) in [7, 11) is 0. The number of rotatable bonds is 6. The molecule has 27 heavy (non-hydrogen) atoms. The number of para-hydroxylation sites is 1. The lowest BCUT2D eigenvalue weighted by atomic mass is 9.98. The van der Waals surface area contributed by atoms with Crippen molar-refractivity contribution in [1.29, 1.82) is 0 Å². The van der Waals surface area contributed by atoms with E-state index in [1.807, 2.05) is 6.07 Å². The van der Waals surface area contributed by atoms with Gasteiger partial charge in [-0.1, -0.05) is 24.1 Å². The molecule has 2 saturated heterocycles. The maximum absolute atomic E-state index is 12.1. The van der Waals surface area contributed by atoms with Gasteiger partial charge in [0.1, 0.15) is 0 Å². The molecule has 0 radical (unpaired) electrons. The number of nitrogens with zero attached hydrogens (tertiary/aromatic N) is 2. The van der Waals surface area contributed by atoms with Crippen molar-refractivity contribution in [3.8, 4) is 12.3 Å². The van der Waals surface area contributed by atoms with Gasteiger partial charge in [0.25, 0.3) is 5.91 Å². The van der Waals surface area contributed by atoms with Crippen LogP contribution in [0.5, 0.6) is 0 Å². The average molecular weight is 371 g/mol. The van der Waals surface area contributed by atoms with E-state index in [1.54, 1.807) is 0 Å². The second-order valence-corrected chi connectivity index (χ2v) is 7.20. The van der Waals surface area contributed by atoms with Crippen LogP contribution in [-0.2, 0) is 9.53 Å². The molecule has 3 rings (SSSR count). The fourth-order valence-electron chi connectivity index (χ4n) is 3.76. The maximum Gasteiger partial charge on any atom is 0.252 e. The van der Waals surface area contributed by atoms with Crippen LogP contribution in [0.1, 0.15) is 19.3 Å². The first kappa shape index (κ1) is 19.7. The van der Waals surface area contributed by atoms with Crippen molar-refractivity contribution in [1.82, 2.24) is 10.2 Å². The first-order chi connectivity index (χ1) is 13.2. The van der Waals surface area contributed by atoms with E-state index in [0.717, 1.165) is 45.6 Å². The number of carbonyl (C=O) groups excluding carboxylic acids is 1. The molecule has 146 valence electrons. The van der Waals surface area contributed by atoms with Crippen molar-refractivity contribution in [3.05, 3.63) is 30.3 Å². The number of hydrogen-bond donors (Lipinski definition) is 2. The Hall–Kier alpha value is -2.07. The van der Waals surface area contributed by atoms with Crippen LogP contribution in [0, 0.1) is 12.3 Å². The van der Waals surface area contributed by atoms with Gasteiger partial charge in [-0.3, -0.25) is 9.69 Å². The van der Waals surface area contributed by atoms with Gasteiger partial charge in [-0.05, 0) is 31.4 Å². The highest BCUT2D eigenvalue weighted by Gasteiger charge is 2.35. The predicted octanol–water partition coefficient (Wildman–Crippen LogP) is 0.857. The number of hydrogen-bond acceptors (Lipinski definition) is 5. The van der Waals surface area contributed by atoms with Gasteiger partial charge in [0.2, 0.25) is 0 Å². The number of anilines is 1. The van der Waals surface area contributed by atoms with E-state index in [4.69, 9.17) is 11.2 Å². The Morgan fingerprint density at radius 1 is 1.22 bits per heavy atom. The molecule has 1 amide bonds. The number of piperazine rings is 1. The number of nitrogens with one attached hydrogen (secondary N) is 1. The Morgan fingerprint density at radius 2 is 1.96 bits per heavy atom. The Morgan fingerprint density at radius 3 is 2.67 bits per heavy atom. The standard InChI is InChI=1S/C21H29N3O3/c1-2-11-22-21(26)20-19(25)9-8-18(27-20)10-12-23-13-15-24(16-14-23)17-6-4-3-5-7-17/h1,3-7,18-20,25H,8-16H2,(H,22,26). The molecule has 3 unspecified atom stereocenters. The summed E-state index contributed by atoms with van der Waals surface area (Å²) in [6, 6.07) is 10.5. The molecule has 2 fully saturated rings. The summed E-state index contributed by atoms with van der Waals surface area (Å²) in [6.45, 7) is 5.19. The minimum Gasteiger partial charge on any atom is -0.390 e. The summed E-state index contributed by atoms with van der Waals surface area (Å²) >= 11 is 0. The topological polar surface area (TPSA) is 65.0 Å². The lowest BCUT2D eigenvalue weighted by molar-refractivity contribution is -0.158. The molecule has 2 aliphatic heterocycles. The smallest absolute Gasteiger partial charge is 0.252 e. The second kappa shape index (κ2) is 9.75. The van der Waals surface area contributed by atoms with Crippen LogP contribution in [0.25, 0.3) is 0 Å². The van der Waals surface area contributed by atoms with Gasteiger partial charge in [0.05, 0.1) is 18.8 Å². The zero-order chi connectivity index (χ0) is 19.1. The summed E-state index contributed by atoms with van der Waals surface area (Å²) in [4.78, 5) is 16.9. The van der Waals surface area contributed by atoms with Crippen LogP contribution in [0.4, 0.5) is 5.69 Å². The van der Waals surface area contributed by atoms with Crippen LogP contribution in [0.15, 0.2) is 30.3 Å². The molecule has 6 heteroatoms. The van der Waals surface area contributed by atoms with Gasteiger partial charge in [-0.25, -0.2) is 0 Å². The molecule has 1 aromatic carbocycles. The van der Waals surface area contributed by atoms with Gasteiger partial charge in [0, 0.05) is 38.4 Å². The number of ether oxygens (including phenoxy) is 1. The van der Waals surface area contributed by atoms with E-state index < -0.39 is 12.2 Å². The Bertz CT molecular complexity index is 638. The fourth-order valence-corrected chi connectivity index (χ4v) is 3.76. The molecular weight excluding hydrogens is 342 g/mol. The molecule has 6 nitrogen and oxygen atoms in total. The van der Waals surface area contributed by atoms with Crippen molar-refractivity contribution >= 4 is 11.6 Å². The lowest BCUT2D eigenvalue weighted by Gasteiger charge is -2.38. The zero-order valence-corrected chi connectivity index (χ0v) is 15.7. The minimum atomic E-state index is -0.813. The molecule has 3 atom stereocenters. The van der Waals surface area contributed by atoms with Crippen LogP contribution < -0.4 is 10.2 Å². The molecule has 0 saturated carbocycles. The van der Waals surface area contributed by atoms with Crippen LogP contribution >= 0.6 is 0 Å². The highest BCUT2D eigenvalue weighted by atomic mass is 16.5. The molecule has 0 spiro atoms. The first-order valence-corrected chi connectivity index (χ1v) is 9.74. The average Bonchev–Trinajstić information content (AvgIpc) is 2.72. The van der Waals surface area contributed by atoms with Crippen molar-refractivity contribution < 1.29 is 14.6 Å². The number of carbonyl (C=O) groups is 1. The van der Waals surface area contributed by atoms with E-state index in [-0.39, 0.29) is 18.6 Å². The monoisotopic (exact) mass is 371 g/mol. The van der Waals surface area contributed by atoms with E-state index in [0.29, 0.717) is 6.42 Å². The van der Waals surface area contributed by atoms with Crippen molar-refractivity contribution in [2.24, 2.45) is 0 Å². The SMILES string of the molecule is C#CCNC(=O)C1OC(CCN2CCN(c3ccccc3)CC2)CCC1O. The molecular formula is C21H29N3O3. The first-order valence-electron chi connectivity index (χ1n) is 9.74. The highest BCUT2D eigenvalue weighted by Crippen LogP contribution is 2.23. The zero-order valence-electron chi connectivity index (χ0n) is 15.7. The third-order valence-corrected chi connectivity index (χ3v) is 5.36. The second-order valence-electron chi connectivity index (χ2n) is 7.20. The van der Waals surface area contributed by atoms with Crippen LogP contribution in [0.3, 0.4) is 0 Å². The largest absolute Gasteiger partial charge is 0.390 e. The quantitative estimate of drug-likeness (QED) is 0.726. The van der Waals surface area contributed by atoms with E-state index in [9.17, 15) is 9.90 Å². The van der Waals surface area contributed by atoms with E-state index in [2.05, 4.69) is 45.3 Å². The molecule has 0 aliphatic carbocycles. The summed E-state index contributed by atoms with van der Waals surface area (Å²) in [5.41, 5.74) is 1.28. The van der Waals surface area contributed by atoms with Gasteiger partial charge in [-0.2, -0.15) is 0 Å². The number of amides is 1. The molecule has 0 aromatic heterocycles. The summed E-state index contributed by atoms with van der Waals surface area (Å²) in [5, 5.41) is 12.7.